The van der Waals surface area contributed by atoms with Gasteiger partial charge in [-0.15, -0.1) is 0 Å². The Labute approximate surface area is 128 Å². The van der Waals surface area contributed by atoms with Crippen molar-refractivity contribution in [3.63, 3.8) is 0 Å². The van der Waals surface area contributed by atoms with Gasteiger partial charge in [0.2, 0.25) is 0 Å². The molecule has 1 aliphatic heterocycles. The molecule has 1 aromatic heterocycles. The van der Waals surface area contributed by atoms with Crippen molar-refractivity contribution in [1.29, 1.82) is 0 Å². The van der Waals surface area contributed by atoms with Crippen molar-refractivity contribution in [3.05, 3.63) is 56.2 Å². The number of hydrogen-bond acceptors (Lipinski definition) is 4. The third-order valence-corrected chi connectivity index (χ3v) is 3.63. The second kappa shape index (κ2) is 5.69. The molecule has 1 aliphatic rings. The van der Waals surface area contributed by atoms with Gasteiger partial charge >= 0.3 is 0 Å². The Hall–Kier alpha value is -2.15. The molecule has 2 aromatic rings. The molecule has 1 aromatic carbocycles. The molecule has 0 bridgehead atoms. The number of amides is 1. The van der Waals surface area contributed by atoms with E-state index in [0.29, 0.717) is 13.2 Å². The summed E-state index contributed by atoms with van der Waals surface area (Å²) in [4.78, 5) is 29.1. The van der Waals surface area contributed by atoms with E-state index < -0.39 is 0 Å². The average molecular weight is 350 g/mol. The van der Waals surface area contributed by atoms with E-state index in [1.54, 1.807) is 0 Å². The molecule has 2 N–H and O–H groups in total. The first kappa shape index (κ1) is 13.8. The van der Waals surface area contributed by atoms with Crippen LogP contribution in [-0.4, -0.2) is 22.5 Å². The van der Waals surface area contributed by atoms with Crippen LogP contribution in [0.1, 0.15) is 21.6 Å². The van der Waals surface area contributed by atoms with Crippen molar-refractivity contribution in [1.82, 2.24) is 15.3 Å². The fraction of sp³-hybridized carbons (Fsp3) is 0.214. The maximum absolute atomic E-state index is 12.0. The number of H-pyrrole nitrogens is 1. The van der Waals surface area contributed by atoms with Crippen molar-refractivity contribution in [3.8, 4) is 5.75 Å². The summed E-state index contributed by atoms with van der Waals surface area (Å²) >= 11 is 3.46. The molecule has 0 unspecified atom stereocenters. The molecule has 0 radical (unpaired) electrons. The highest BCUT2D eigenvalue weighted by molar-refractivity contribution is 9.10. The van der Waals surface area contributed by atoms with Crippen LogP contribution in [0.15, 0.2) is 33.8 Å². The highest BCUT2D eigenvalue weighted by Gasteiger charge is 2.18. The smallest absolute Gasteiger partial charge is 0.271 e. The Balaban J connectivity index is 1.75. The number of ether oxygens (including phenoxy) is 1. The molecule has 21 heavy (non-hydrogen) atoms. The summed E-state index contributed by atoms with van der Waals surface area (Å²) in [7, 11) is 0. The Morgan fingerprint density at radius 1 is 1.48 bits per heavy atom. The summed E-state index contributed by atoms with van der Waals surface area (Å²) in [6.07, 6.45) is 3.24. The Bertz CT molecular complexity index is 737. The topological polar surface area (TPSA) is 84.1 Å². The normalized spacial score (nSPS) is 12.6. The lowest BCUT2D eigenvalue weighted by atomic mass is 10.1. The number of aromatic amines is 1. The van der Waals surface area contributed by atoms with Crippen LogP contribution in [-0.2, 0) is 13.0 Å². The molecule has 3 rings (SSSR count). The van der Waals surface area contributed by atoms with Crippen LogP contribution in [0.3, 0.4) is 0 Å². The number of hydrogen-bond donors (Lipinski definition) is 2. The summed E-state index contributed by atoms with van der Waals surface area (Å²) in [6, 6.07) is 3.95. The van der Waals surface area contributed by atoms with Crippen LogP contribution in [0.25, 0.3) is 0 Å². The van der Waals surface area contributed by atoms with E-state index in [1.165, 1.54) is 6.20 Å². The predicted octanol–water partition coefficient (Wildman–Crippen LogP) is 1.40. The number of carbonyl (C=O) groups is 1. The number of rotatable bonds is 3. The largest absolute Gasteiger partial charge is 0.493 e. The quantitative estimate of drug-likeness (QED) is 0.877. The molecule has 0 saturated carbocycles. The SMILES string of the molecule is O=C(NCc1cc(Br)cc2c1OCC2)c1c[nH]c(=O)cn1. The van der Waals surface area contributed by atoms with Gasteiger partial charge in [-0.1, -0.05) is 15.9 Å². The Morgan fingerprint density at radius 2 is 2.33 bits per heavy atom. The van der Waals surface area contributed by atoms with Gasteiger partial charge in [0.25, 0.3) is 11.5 Å². The minimum absolute atomic E-state index is 0.169. The Kier molecular flexibility index (Phi) is 3.74. The van der Waals surface area contributed by atoms with Gasteiger partial charge in [-0.25, -0.2) is 4.98 Å². The van der Waals surface area contributed by atoms with Crippen LogP contribution in [0.2, 0.25) is 0 Å². The van der Waals surface area contributed by atoms with Gasteiger partial charge in [0.05, 0.1) is 12.8 Å². The molecular weight excluding hydrogens is 338 g/mol. The molecule has 0 aliphatic carbocycles. The summed E-state index contributed by atoms with van der Waals surface area (Å²) in [5, 5.41) is 2.77. The average Bonchev–Trinajstić information content (AvgIpc) is 2.93. The molecule has 0 atom stereocenters. The minimum Gasteiger partial charge on any atom is -0.493 e. The molecule has 2 heterocycles. The zero-order valence-corrected chi connectivity index (χ0v) is 12.6. The molecule has 6 nitrogen and oxygen atoms in total. The molecule has 7 heteroatoms. The summed E-state index contributed by atoms with van der Waals surface area (Å²) < 4.78 is 6.56. The molecule has 0 saturated heterocycles. The zero-order chi connectivity index (χ0) is 14.8. The third-order valence-electron chi connectivity index (χ3n) is 3.17. The lowest BCUT2D eigenvalue weighted by Gasteiger charge is -2.10. The van der Waals surface area contributed by atoms with E-state index in [4.69, 9.17) is 4.74 Å². The van der Waals surface area contributed by atoms with Crippen LogP contribution in [0.5, 0.6) is 5.75 Å². The lowest BCUT2D eigenvalue weighted by Crippen LogP contribution is -2.25. The van der Waals surface area contributed by atoms with Gasteiger partial charge in [-0.3, -0.25) is 9.59 Å². The van der Waals surface area contributed by atoms with Crippen LogP contribution >= 0.6 is 15.9 Å². The predicted molar refractivity (Wildman–Crippen MR) is 79.4 cm³/mol. The molecule has 0 spiro atoms. The monoisotopic (exact) mass is 349 g/mol. The highest BCUT2D eigenvalue weighted by atomic mass is 79.9. The van der Waals surface area contributed by atoms with Crippen LogP contribution in [0.4, 0.5) is 0 Å². The van der Waals surface area contributed by atoms with E-state index in [0.717, 1.165) is 34.0 Å². The summed E-state index contributed by atoms with van der Waals surface area (Å²) in [6.45, 7) is 0.996. The first-order valence-corrected chi connectivity index (χ1v) is 7.20. The van der Waals surface area contributed by atoms with E-state index in [2.05, 4.69) is 31.2 Å². The summed E-state index contributed by atoms with van der Waals surface area (Å²) in [5.74, 6) is 0.492. The second-order valence-corrected chi connectivity index (χ2v) is 5.55. The first-order chi connectivity index (χ1) is 10.1. The maximum atomic E-state index is 12.0. The van der Waals surface area contributed by atoms with Gasteiger partial charge in [0.1, 0.15) is 11.4 Å². The molecular formula is C14H12BrN3O3. The number of nitrogens with zero attached hydrogens (tertiary/aromatic N) is 1. The molecule has 1 amide bonds. The number of halogens is 1. The first-order valence-electron chi connectivity index (χ1n) is 6.40. The van der Waals surface area contributed by atoms with Gasteiger partial charge in [-0.05, 0) is 17.7 Å². The fourth-order valence-corrected chi connectivity index (χ4v) is 2.76. The number of nitrogens with one attached hydrogen (secondary N) is 2. The van der Waals surface area contributed by atoms with Crippen molar-refractivity contribution in [2.45, 2.75) is 13.0 Å². The zero-order valence-electron chi connectivity index (χ0n) is 11.0. The second-order valence-electron chi connectivity index (χ2n) is 4.63. The number of carbonyl (C=O) groups excluding carboxylic acids is 1. The van der Waals surface area contributed by atoms with Gasteiger partial charge < -0.3 is 15.0 Å². The van der Waals surface area contributed by atoms with E-state index in [9.17, 15) is 9.59 Å². The minimum atomic E-state index is -0.349. The van der Waals surface area contributed by atoms with Crippen molar-refractivity contribution < 1.29 is 9.53 Å². The van der Waals surface area contributed by atoms with Crippen molar-refractivity contribution in [2.75, 3.05) is 6.61 Å². The number of benzene rings is 1. The van der Waals surface area contributed by atoms with E-state index in [1.807, 2.05) is 12.1 Å². The third kappa shape index (κ3) is 2.97. The maximum Gasteiger partial charge on any atom is 0.271 e. The standard InChI is InChI=1S/C14H12BrN3O3/c15-10-3-8-1-2-21-13(8)9(4-10)5-18-14(20)11-6-17-12(19)7-16-11/h3-4,6-7H,1-2,5H2,(H,17,19)(H,18,20). The summed E-state index contributed by atoms with van der Waals surface area (Å²) in [5.41, 5.74) is 1.87. The number of fused-ring (bicyclic) bond motifs is 1. The van der Waals surface area contributed by atoms with E-state index >= 15 is 0 Å². The van der Waals surface area contributed by atoms with Crippen molar-refractivity contribution in [2.24, 2.45) is 0 Å². The van der Waals surface area contributed by atoms with Gasteiger partial charge in [0.15, 0.2) is 0 Å². The number of aromatic nitrogens is 2. The van der Waals surface area contributed by atoms with Crippen LogP contribution in [0, 0.1) is 0 Å². The fourth-order valence-electron chi connectivity index (χ4n) is 2.21. The Morgan fingerprint density at radius 3 is 3.10 bits per heavy atom. The van der Waals surface area contributed by atoms with Gasteiger partial charge in [0, 0.05) is 29.2 Å². The highest BCUT2D eigenvalue weighted by Crippen LogP contribution is 2.32. The van der Waals surface area contributed by atoms with Crippen molar-refractivity contribution >= 4 is 21.8 Å². The van der Waals surface area contributed by atoms with Crippen LogP contribution < -0.4 is 15.6 Å². The molecule has 108 valence electrons. The van der Waals surface area contributed by atoms with Gasteiger partial charge in [-0.2, -0.15) is 0 Å². The van der Waals surface area contributed by atoms with E-state index in [-0.39, 0.29) is 17.2 Å². The lowest BCUT2D eigenvalue weighted by molar-refractivity contribution is 0.0945. The molecule has 0 fully saturated rings.